The van der Waals surface area contributed by atoms with Crippen molar-refractivity contribution in [1.29, 1.82) is 0 Å². The molecule has 3 rings (SSSR count). The molecule has 0 bridgehead atoms. The molecule has 136 valence electrons. The van der Waals surface area contributed by atoms with Crippen LogP contribution in [0.2, 0.25) is 0 Å². The lowest BCUT2D eigenvalue weighted by molar-refractivity contribution is -0.148. The lowest BCUT2D eigenvalue weighted by Crippen LogP contribution is -2.12. The van der Waals surface area contributed by atoms with E-state index in [0.717, 1.165) is 20.1 Å². The van der Waals surface area contributed by atoms with Crippen LogP contribution in [-0.2, 0) is 32.0 Å². The van der Waals surface area contributed by atoms with E-state index in [4.69, 9.17) is 4.74 Å². The van der Waals surface area contributed by atoms with Crippen molar-refractivity contribution >= 4 is 49.3 Å². The van der Waals surface area contributed by atoms with Crippen molar-refractivity contribution in [1.82, 2.24) is 15.0 Å². The number of methoxy groups -OCH3 is 1. The summed E-state index contributed by atoms with van der Waals surface area (Å²) in [6, 6.07) is 5.98. The molecule has 0 spiro atoms. The number of aromatic nitrogens is 3. The molecule has 0 N–H and O–H groups in total. The van der Waals surface area contributed by atoms with Gasteiger partial charge in [-0.15, -0.1) is 16.4 Å². The Morgan fingerprint density at radius 2 is 2.15 bits per heavy atom. The molecule has 0 aliphatic carbocycles. The summed E-state index contributed by atoms with van der Waals surface area (Å²) in [5, 5.41) is 10.8. The highest BCUT2D eigenvalue weighted by atomic mass is 79.9. The maximum Gasteiger partial charge on any atom is 0.327 e. The fraction of sp³-hybridized carbons (Fsp3) is 0.294. The summed E-state index contributed by atoms with van der Waals surface area (Å²) < 4.78 is 13.5. The Morgan fingerprint density at radius 3 is 2.92 bits per heavy atom. The molecule has 2 heterocycles. The summed E-state index contributed by atoms with van der Waals surface area (Å²) in [6.45, 7) is 1.67. The summed E-state index contributed by atoms with van der Waals surface area (Å²) in [5.74, 6) is -0.777. The zero-order valence-electron chi connectivity index (χ0n) is 14.1. The lowest BCUT2D eigenvalue weighted by atomic mass is 10.1. The Labute approximate surface area is 162 Å². The minimum Gasteiger partial charge on any atom is -0.468 e. The van der Waals surface area contributed by atoms with Gasteiger partial charge in [0.15, 0.2) is 0 Å². The van der Waals surface area contributed by atoms with Gasteiger partial charge in [0.05, 0.1) is 19.7 Å². The summed E-state index contributed by atoms with van der Waals surface area (Å²) in [5.41, 5.74) is 1.40. The maximum atomic E-state index is 12.3. The number of esters is 2. The van der Waals surface area contributed by atoms with Gasteiger partial charge in [0.2, 0.25) is 0 Å². The number of rotatable bonds is 6. The highest BCUT2D eigenvalue weighted by Gasteiger charge is 2.18. The molecule has 9 heteroatoms. The van der Waals surface area contributed by atoms with Crippen LogP contribution in [0, 0.1) is 0 Å². The van der Waals surface area contributed by atoms with Crippen molar-refractivity contribution in [3.8, 4) is 0 Å². The van der Waals surface area contributed by atoms with Crippen LogP contribution in [0.4, 0.5) is 0 Å². The predicted molar refractivity (Wildman–Crippen MR) is 99.8 cm³/mol. The van der Waals surface area contributed by atoms with Crippen molar-refractivity contribution in [2.24, 2.45) is 0 Å². The van der Waals surface area contributed by atoms with E-state index in [0.29, 0.717) is 5.69 Å². The molecule has 2 aromatic heterocycles. The first-order chi connectivity index (χ1) is 12.5. The Bertz CT molecular complexity index is 953. The van der Waals surface area contributed by atoms with E-state index in [-0.39, 0.29) is 18.9 Å². The van der Waals surface area contributed by atoms with E-state index >= 15 is 0 Å². The lowest BCUT2D eigenvalue weighted by Gasteiger charge is -2.10. The monoisotopic (exact) mass is 437 g/mol. The van der Waals surface area contributed by atoms with Crippen LogP contribution < -0.4 is 0 Å². The molecule has 1 aromatic carbocycles. The van der Waals surface area contributed by atoms with Gasteiger partial charge in [0, 0.05) is 9.17 Å². The molecule has 3 aromatic rings. The first kappa shape index (κ1) is 18.5. The van der Waals surface area contributed by atoms with E-state index in [1.165, 1.54) is 11.8 Å². The van der Waals surface area contributed by atoms with Crippen LogP contribution in [0.1, 0.15) is 24.3 Å². The molecule has 0 saturated heterocycles. The van der Waals surface area contributed by atoms with Gasteiger partial charge in [-0.2, -0.15) is 0 Å². The number of ether oxygens (including phenoxy) is 2. The summed E-state index contributed by atoms with van der Waals surface area (Å²) in [6.07, 6.45) is 1.17. The zero-order valence-corrected chi connectivity index (χ0v) is 16.5. The van der Waals surface area contributed by atoms with Crippen LogP contribution in [0.15, 0.2) is 34.2 Å². The average molecular weight is 438 g/mol. The van der Waals surface area contributed by atoms with Crippen LogP contribution >= 0.6 is 27.3 Å². The normalized spacial score (nSPS) is 12.1. The fourth-order valence-electron chi connectivity index (χ4n) is 2.42. The third-order valence-corrected chi connectivity index (χ3v) is 5.26. The van der Waals surface area contributed by atoms with Crippen molar-refractivity contribution in [3.05, 3.63) is 45.5 Å². The van der Waals surface area contributed by atoms with Gasteiger partial charge >= 0.3 is 11.9 Å². The van der Waals surface area contributed by atoms with E-state index in [2.05, 4.69) is 31.0 Å². The molecule has 26 heavy (non-hydrogen) atoms. The second kappa shape index (κ2) is 7.96. The van der Waals surface area contributed by atoms with E-state index < -0.39 is 12.1 Å². The topological polar surface area (TPSA) is 83.3 Å². The number of nitrogens with zero attached hydrogens (tertiary/aromatic N) is 3. The highest BCUT2D eigenvalue weighted by Crippen LogP contribution is 2.29. The molecule has 0 fully saturated rings. The van der Waals surface area contributed by atoms with Gasteiger partial charge in [0.25, 0.3) is 0 Å². The minimum absolute atomic E-state index is 0.0417. The SMILES string of the molecule is COC(=O)Cn1cc(C(C)OC(=O)Cc2csc3ccc(Br)cc23)nn1. The number of hydrogen-bond acceptors (Lipinski definition) is 7. The highest BCUT2D eigenvalue weighted by molar-refractivity contribution is 9.10. The molecule has 0 aliphatic rings. The number of halogens is 1. The Balaban J connectivity index is 1.64. The Kier molecular flexibility index (Phi) is 5.67. The number of benzene rings is 1. The molecule has 7 nitrogen and oxygen atoms in total. The quantitative estimate of drug-likeness (QED) is 0.550. The Morgan fingerprint density at radius 1 is 1.35 bits per heavy atom. The minimum atomic E-state index is -0.564. The third kappa shape index (κ3) is 4.28. The van der Waals surface area contributed by atoms with Crippen molar-refractivity contribution in [2.75, 3.05) is 7.11 Å². The Hall–Kier alpha value is -2.26. The van der Waals surface area contributed by atoms with Crippen LogP contribution in [0.5, 0.6) is 0 Å². The summed E-state index contributed by atoms with van der Waals surface area (Å²) >= 11 is 5.04. The van der Waals surface area contributed by atoms with Crippen LogP contribution in [-0.4, -0.2) is 34.0 Å². The number of carbonyl (C=O) groups excluding carboxylic acids is 2. The molecule has 1 unspecified atom stereocenters. The standard InChI is InChI=1S/C17H16BrN3O4S/c1-10(14-7-21(20-19-14)8-17(23)24-2)25-16(22)5-11-9-26-15-4-3-12(18)6-13(11)15/h3-4,6-7,9-10H,5,8H2,1-2H3. The average Bonchev–Trinajstić information content (AvgIpc) is 3.22. The number of thiophene rings is 1. The first-order valence-corrected chi connectivity index (χ1v) is 9.45. The molecule has 0 amide bonds. The zero-order chi connectivity index (χ0) is 18.7. The number of carbonyl (C=O) groups is 2. The molecule has 0 saturated carbocycles. The first-order valence-electron chi connectivity index (χ1n) is 7.78. The summed E-state index contributed by atoms with van der Waals surface area (Å²) in [4.78, 5) is 23.5. The number of fused-ring (bicyclic) bond motifs is 1. The van der Waals surface area contributed by atoms with Gasteiger partial charge in [-0.1, -0.05) is 21.1 Å². The smallest absolute Gasteiger partial charge is 0.327 e. The van der Waals surface area contributed by atoms with Crippen LogP contribution in [0.3, 0.4) is 0 Å². The molecule has 0 radical (unpaired) electrons. The van der Waals surface area contributed by atoms with Gasteiger partial charge < -0.3 is 9.47 Å². The van der Waals surface area contributed by atoms with Crippen molar-refractivity contribution in [2.45, 2.75) is 26.0 Å². The van der Waals surface area contributed by atoms with Gasteiger partial charge in [-0.25, -0.2) is 4.68 Å². The van der Waals surface area contributed by atoms with Crippen molar-refractivity contribution in [3.63, 3.8) is 0 Å². The maximum absolute atomic E-state index is 12.3. The second-order valence-corrected chi connectivity index (χ2v) is 7.45. The second-order valence-electron chi connectivity index (χ2n) is 5.63. The molecule has 0 aliphatic heterocycles. The van der Waals surface area contributed by atoms with Gasteiger partial charge in [-0.05, 0) is 41.5 Å². The number of hydrogen-bond donors (Lipinski definition) is 0. The van der Waals surface area contributed by atoms with E-state index in [1.807, 2.05) is 23.6 Å². The van der Waals surface area contributed by atoms with Gasteiger partial charge in [0.1, 0.15) is 18.3 Å². The van der Waals surface area contributed by atoms with Gasteiger partial charge in [-0.3, -0.25) is 9.59 Å². The van der Waals surface area contributed by atoms with Crippen LogP contribution in [0.25, 0.3) is 10.1 Å². The van der Waals surface area contributed by atoms with E-state index in [1.54, 1.807) is 24.5 Å². The van der Waals surface area contributed by atoms with Crippen molar-refractivity contribution < 1.29 is 19.1 Å². The largest absolute Gasteiger partial charge is 0.468 e. The molecular formula is C17H16BrN3O4S. The molecular weight excluding hydrogens is 422 g/mol. The van der Waals surface area contributed by atoms with E-state index in [9.17, 15) is 9.59 Å². The fourth-order valence-corrected chi connectivity index (χ4v) is 3.72. The summed E-state index contributed by atoms with van der Waals surface area (Å²) in [7, 11) is 1.30. The molecule has 1 atom stereocenters. The third-order valence-electron chi connectivity index (χ3n) is 3.75. The predicted octanol–water partition coefficient (Wildman–Crippen LogP) is 3.28.